The van der Waals surface area contributed by atoms with E-state index in [1.54, 1.807) is 11.3 Å². The van der Waals surface area contributed by atoms with Gasteiger partial charge in [0.15, 0.2) is 6.54 Å². The van der Waals surface area contributed by atoms with Crippen LogP contribution in [0.15, 0.2) is 48.5 Å². The molecule has 3 aromatic rings. The molecule has 0 aliphatic carbocycles. The number of likely N-dealkylation sites (tertiary alicyclic amines) is 1. The van der Waals surface area contributed by atoms with E-state index in [4.69, 9.17) is 4.98 Å². The molecule has 0 radical (unpaired) electrons. The summed E-state index contributed by atoms with van der Waals surface area (Å²) in [7, 11) is 0. The van der Waals surface area contributed by atoms with E-state index in [9.17, 15) is 18.0 Å². The van der Waals surface area contributed by atoms with Crippen LogP contribution in [0.1, 0.15) is 29.3 Å². The zero-order valence-electron chi connectivity index (χ0n) is 15.6. The van der Waals surface area contributed by atoms with E-state index in [2.05, 4.69) is 11.4 Å². The van der Waals surface area contributed by atoms with Crippen molar-refractivity contribution in [2.45, 2.75) is 24.9 Å². The number of benzene rings is 2. The number of hydrogen-bond acceptors (Lipinski definition) is 3. The smallest absolute Gasteiger partial charge is 0.327 e. The maximum atomic E-state index is 13.1. The van der Waals surface area contributed by atoms with Crippen LogP contribution >= 0.6 is 11.3 Å². The fourth-order valence-corrected chi connectivity index (χ4v) is 4.91. The molecule has 1 aliphatic heterocycles. The van der Waals surface area contributed by atoms with Gasteiger partial charge in [-0.3, -0.25) is 4.79 Å². The SMILES string of the molecule is O=C(C[NH+]1CCC(c2nc3ccccc3s2)CC1)Nc1ccccc1C(F)(F)F. The predicted octanol–water partition coefficient (Wildman–Crippen LogP) is 3.72. The van der Waals surface area contributed by atoms with Crippen LogP contribution in [0.2, 0.25) is 0 Å². The molecule has 0 atom stereocenters. The number of para-hydroxylation sites is 2. The summed E-state index contributed by atoms with van der Waals surface area (Å²) in [6.45, 7) is 1.77. The Balaban J connectivity index is 1.33. The number of halogens is 3. The number of piperidine rings is 1. The van der Waals surface area contributed by atoms with Crippen molar-refractivity contribution in [2.24, 2.45) is 0 Å². The highest BCUT2D eigenvalue weighted by molar-refractivity contribution is 7.18. The van der Waals surface area contributed by atoms with Gasteiger partial charge in [-0.1, -0.05) is 24.3 Å². The molecule has 2 aromatic carbocycles. The van der Waals surface area contributed by atoms with E-state index < -0.39 is 17.6 Å². The molecule has 2 heterocycles. The number of carbonyl (C=O) groups excluding carboxylic acids is 1. The number of amides is 1. The Kier molecular flexibility index (Phi) is 5.56. The molecule has 4 nitrogen and oxygen atoms in total. The first-order chi connectivity index (χ1) is 13.9. The van der Waals surface area contributed by atoms with Gasteiger partial charge in [-0.2, -0.15) is 13.2 Å². The lowest BCUT2D eigenvalue weighted by Gasteiger charge is -2.27. The van der Waals surface area contributed by atoms with Crippen LogP contribution in [0.4, 0.5) is 18.9 Å². The number of quaternary nitrogens is 1. The maximum absolute atomic E-state index is 13.1. The molecular weight excluding hydrogens is 399 g/mol. The number of carbonyl (C=O) groups is 1. The zero-order valence-corrected chi connectivity index (χ0v) is 16.4. The van der Waals surface area contributed by atoms with Gasteiger partial charge in [0.05, 0.1) is 39.6 Å². The Labute approximate surface area is 170 Å². The Morgan fingerprint density at radius 1 is 1.10 bits per heavy atom. The molecular formula is C21H21F3N3OS+. The number of rotatable bonds is 4. The Bertz CT molecular complexity index is 977. The summed E-state index contributed by atoms with van der Waals surface area (Å²) in [5.74, 6) is -0.0136. The summed E-state index contributed by atoms with van der Waals surface area (Å²) in [6, 6.07) is 13.1. The van der Waals surface area contributed by atoms with Crippen molar-refractivity contribution in [2.75, 3.05) is 25.0 Å². The van der Waals surface area contributed by atoms with Gasteiger partial charge < -0.3 is 10.2 Å². The van der Waals surface area contributed by atoms with E-state index in [0.29, 0.717) is 5.92 Å². The Morgan fingerprint density at radius 2 is 1.79 bits per heavy atom. The molecule has 29 heavy (non-hydrogen) atoms. The van der Waals surface area contributed by atoms with E-state index >= 15 is 0 Å². The van der Waals surface area contributed by atoms with Crippen LogP contribution in [0, 0.1) is 0 Å². The van der Waals surface area contributed by atoms with E-state index in [1.807, 2.05) is 18.2 Å². The summed E-state index contributed by atoms with van der Waals surface area (Å²) in [4.78, 5) is 18.1. The number of fused-ring (bicyclic) bond motifs is 1. The molecule has 1 saturated heterocycles. The number of thiazole rings is 1. The van der Waals surface area contributed by atoms with Crippen molar-refractivity contribution in [3.63, 3.8) is 0 Å². The molecule has 1 amide bonds. The van der Waals surface area contributed by atoms with Crippen molar-refractivity contribution in [1.82, 2.24) is 4.98 Å². The maximum Gasteiger partial charge on any atom is 0.418 e. The first-order valence-corrected chi connectivity index (χ1v) is 10.4. The van der Waals surface area contributed by atoms with Gasteiger partial charge in [0.25, 0.3) is 5.91 Å². The van der Waals surface area contributed by atoms with E-state index in [0.717, 1.165) is 47.4 Å². The van der Waals surface area contributed by atoms with Gasteiger partial charge in [0, 0.05) is 18.8 Å². The third-order valence-electron chi connectivity index (χ3n) is 5.27. The van der Waals surface area contributed by atoms with Crippen molar-refractivity contribution in [3.05, 3.63) is 59.1 Å². The standard InChI is InChI=1S/C21H20F3N3OS/c22-21(23,24)15-5-1-2-6-16(15)25-19(28)13-27-11-9-14(10-12-27)20-26-17-7-3-4-8-18(17)29-20/h1-8,14H,9-13H2,(H,25,28)/p+1. The highest BCUT2D eigenvalue weighted by Crippen LogP contribution is 2.34. The summed E-state index contributed by atoms with van der Waals surface area (Å²) in [5.41, 5.74) is 0.0108. The predicted molar refractivity (Wildman–Crippen MR) is 107 cm³/mol. The van der Waals surface area contributed by atoms with E-state index in [1.165, 1.54) is 22.9 Å². The van der Waals surface area contributed by atoms with Crippen LogP contribution in [-0.2, 0) is 11.0 Å². The van der Waals surface area contributed by atoms with Gasteiger partial charge >= 0.3 is 6.18 Å². The molecule has 0 spiro atoms. The fourth-order valence-electron chi connectivity index (χ4n) is 3.78. The number of hydrogen-bond donors (Lipinski definition) is 2. The molecule has 1 aromatic heterocycles. The minimum Gasteiger partial charge on any atom is -0.327 e. The number of nitrogens with one attached hydrogen (secondary N) is 2. The lowest BCUT2D eigenvalue weighted by atomic mass is 9.97. The van der Waals surface area contributed by atoms with Crippen LogP contribution in [0.5, 0.6) is 0 Å². The second-order valence-electron chi connectivity index (χ2n) is 7.31. The van der Waals surface area contributed by atoms with Crippen LogP contribution in [0.25, 0.3) is 10.2 Å². The van der Waals surface area contributed by atoms with Gasteiger partial charge in [0.1, 0.15) is 0 Å². The Hall–Kier alpha value is -2.45. The minimum atomic E-state index is -4.49. The zero-order chi connectivity index (χ0) is 20.4. The molecule has 0 bridgehead atoms. The molecule has 152 valence electrons. The first-order valence-electron chi connectivity index (χ1n) is 9.55. The fraction of sp³-hybridized carbons (Fsp3) is 0.333. The Morgan fingerprint density at radius 3 is 2.52 bits per heavy atom. The summed E-state index contributed by atoms with van der Waals surface area (Å²) < 4.78 is 40.4. The molecule has 4 rings (SSSR count). The third kappa shape index (κ3) is 4.59. The molecule has 0 unspecified atom stereocenters. The molecule has 0 saturated carbocycles. The number of alkyl halides is 3. The van der Waals surface area contributed by atoms with Gasteiger partial charge in [-0.05, 0) is 24.3 Å². The number of anilines is 1. The average Bonchev–Trinajstić information content (AvgIpc) is 3.12. The van der Waals surface area contributed by atoms with Crippen molar-refractivity contribution in [1.29, 1.82) is 0 Å². The van der Waals surface area contributed by atoms with E-state index in [-0.39, 0.29) is 12.2 Å². The molecule has 8 heteroatoms. The largest absolute Gasteiger partial charge is 0.418 e. The summed E-state index contributed by atoms with van der Waals surface area (Å²) in [5, 5.41) is 3.57. The highest BCUT2D eigenvalue weighted by atomic mass is 32.1. The van der Waals surface area contributed by atoms with Gasteiger partial charge in [-0.25, -0.2) is 4.98 Å². The lowest BCUT2D eigenvalue weighted by molar-refractivity contribution is -0.897. The molecule has 2 N–H and O–H groups in total. The third-order valence-corrected chi connectivity index (χ3v) is 6.47. The number of aromatic nitrogens is 1. The first kappa shape index (κ1) is 19.8. The van der Waals surface area contributed by atoms with Gasteiger partial charge in [0.2, 0.25) is 0 Å². The number of nitrogens with zero attached hydrogens (tertiary/aromatic N) is 1. The second kappa shape index (κ2) is 8.12. The average molecular weight is 420 g/mol. The normalized spacial score (nSPS) is 20.0. The summed E-state index contributed by atoms with van der Waals surface area (Å²) in [6.07, 6.45) is -2.66. The van der Waals surface area contributed by atoms with Crippen LogP contribution in [-0.4, -0.2) is 30.5 Å². The quantitative estimate of drug-likeness (QED) is 0.676. The highest BCUT2D eigenvalue weighted by Gasteiger charge is 2.34. The molecule has 1 aliphatic rings. The second-order valence-corrected chi connectivity index (χ2v) is 8.37. The van der Waals surface area contributed by atoms with Crippen molar-refractivity contribution in [3.8, 4) is 0 Å². The van der Waals surface area contributed by atoms with Crippen molar-refractivity contribution < 1.29 is 22.9 Å². The van der Waals surface area contributed by atoms with Crippen molar-refractivity contribution >= 4 is 33.1 Å². The molecule has 1 fully saturated rings. The minimum absolute atomic E-state index is 0.165. The summed E-state index contributed by atoms with van der Waals surface area (Å²) >= 11 is 1.72. The van der Waals surface area contributed by atoms with Crippen LogP contribution in [0.3, 0.4) is 0 Å². The van der Waals surface area contributed by atoms with Crippen LogP contribution < -0.4 is 10.2 Å². The monoisotopic (exact) mass is 420 g/mol. The topological polar surface area (TPSA) is 46.4 Å². The van der Waals surface area contributed by atoms with Gasteiger partial charge in [-0.15, -0.1) is 11.3 Å². The lowest BCUT2D eigenvalue weighted by Crippen LogP contribution is -3.14.